The van der Waals surface area contributed by atoms with Crippen molar-refractivity contribution in [2.24, 2.45) is 0 Å². The van der Waals surface area contributed by atoms with Gasteiger partial charge in [0, 0.05) is 11.4 Å². The number of nitrogens with one attached hydrogen (secondary N) is 1. The van der Waals surface area contributed by atoms with E-state index in [-0.39, 0.29) is 6.42 Å². The molecule has 138 valence electrons. The highest BCUT2D eigenvalue weighted by Gasteiger charge is 2.18. The monoisotopic (exact) mass is 395 g/mol. The Morgan fingerprint density at radius 3 is 2.42 bits per heavy atom. The second-order valence-electron chi connectivity index (χ2n) is 5.59. The molecule has 0 aliphatic carbocycles. The van der Waals surface area contributed by atoms with E-state index >= 15 is 0 Å². The van der Waals surface area contributed by atoms with Crippen LogP contribution in [0, 0.1) is 0 Å². The van der Waals surface area contributed by atoms with Crippen LogP contribution in [0.1, 0.15) is 18.9 Å². The van der Waals surface area contributed by atoms with Crippen LogP contribution in [0.15, 0.2) is 42.5 Å². The molecule has 1 amide bonds. The smallest absolute Gasteiger partial charge is 0.306 e. The Labute approximate surface area is 162 Å². The van der Waals surface area contributed by atoms with E-state index in [1.54, 1.807) is 19.2 Å². The second-order valence-corrected chi connectivity index (χ2v) is 6.44. The first-order chi connectivity index (χ1) is 12.4. The Kier molecular flexibility index (Phi) is 7.30. The van der Waals surface area contributed by atoms with Crippen molar-refractivity contribution >= 4 is 40.8 Å². The number of carbonyl (C=O) groups is 2. The summed E-state index contributed by atoms with van der Waals surface area (Å²) < 4.78 is 10.3. The zero-order valence-electron chi connectivity index (χ0n) is 14.4. The maximum atomic E-state index is 12.1. The Balaban J connectivity index is 1.82. The van der Waals surface area contributed by atoms with Crippen molar-refractivity contribution < 1.29 is 19.1 Å². The van der Waals surface area contributed by atoms with Crippen molar-refractivity contribution in [1.82, 2.24) is 0 Å². The van der Waals surface area contributed by atoms with Crippen LogP contribution in [0.3, 0.4) is 0 Å². The van der Waals surface area contributed by atoms with E-state index < -0.39 is 18.0 Å². The van der Waals surface area contributed by atoms with Crippen LogP contribution in [0.4, 0.5) is 5.69 Å². The molecule has 0 aromatic heterocycles. The molecule has 0 fully saturated rings. The fraction of sp³-hybridized carbons (Fsp3) is 0.263. The molecule has 2 aromatic rings. The van der Waals surface area contributed by atoms with E-state index in [2.05, 4.69) is 5.32 Å². The largest absolute Gasteiger partial charge is 0.497 e. The van der Waals surface area contributed by atoms with Crippen LogP contribution < -0.4 is 10.1 Å². The summed E-state index contributed by atoms with van der Waals surface area (Å²) in [5, 5.41) is 3.38. The minimum Gasteiger partial charge on any atom is -0.497 e. The van der Waals surface area contributed by atoms with Gasteiger partial charge in [-0.2, -0.15) is 0 Å². The van der Waals surface area contributed by atoms with Gasteiger partial charge in [-0.15, -0.1) is 0 Å². The molecule has 0 saturated carbocycles. The van der Waals surface area contributed by atoms with E-state index in [0.29, 0.717) is 22.2 Å². The third-order valence-electron chi connectivity index (χ3n) is 3.64. The molecule has 1 atom stereocenters. The Morgan fingerprint density at radius 2 is 1.81 bits per heavy atom. The molecular weight excluding hydrogens is 377 g/mol. The molecule has 26 heavy (non-hydrogen) atoms. The van der Waals surface area contributed by atoms with Gasteiger partial charge in [-0.1, -0.05) is 35.3 Å². The normalized spacial score (nSPS) is 11.5. The lowest BCUT2D eigenvalue weighted by Gasteiger charge is -2.14. The number of methoxy groups -OCH3 is 1. The lowest BCUT2D eigenvalue weighted by Crippen LogP contribution is -2.30. The third-order valence-corrected chi connectivity index (χ3v) is 4.19. The zero-order chi connectivity index (χ0) is 19.1. The topological polar surface area (TPSA) is 64.6 Å². The number of halogens is 2. The second kappa shape index (κ2) is 9.46. The molecule has 0 radical (unpaired) electrons. The standard InChI is InChI=1S/C19H19Cl2NO4/c1-12(19(24)22-17-9-6-14(20)11-16(17)21)26-18(23)10-5-13-3-7-15(25-2)8-4-13/h3-4,6-9,11-12H,5,10H2,1-2H3,(H,22,24)/t12-/m0/s1. The molecule has 2 rings (SSSR count). The van der Waals surface area contributed by atoms with Gasteiger partial charge in [-0.05, 0) is 49.2 Å². The summed E-state index contributed by atoms with van der Waals surface area (Å²) in [5.41, 5.74) is 1.38. The first kappa shape index (κ1) is 20.1. The highest BCUT2D eigenvalue weighted by Crippen LogP contribution is 2.25. The minimum atomic E-state index is -0.940. The summed E-state index contributed by atoms with van der Waals surface area (Å²) in [6, 6.07) is 12.1. The lowest BCUT2D eigenvalue weighted by molar-refractivity contribution is -0.153. The fourth-order valence-corrected chi connectivity index (χ4v) is 2.63. The first-order valence-electron chi connectivity index (χ1n) is 7.97. The Morgan fingerprint density at radius 1 is 1.12 bits per heavy atom. The summed E-state index contributed by atoms with van der Waals surface area (Å²) in [7, 11) is 1.59. The molecule has 0 spiro atoms. The van der Waals surface area contributed by atoms with Crippen LogP contribution in [0.25, 0.3) is 0 Å². The molecule has 1 N–H and O–H groups in total. The average Bonchev–Trinajstić information content (AvgIpc) is 2.62. The van der Waals surface area contributed by atoms with Gasteiger partial charge in [0.15, 0.2) is 6.10 Å². The van der Waals surface area contributed by atoms with E-state index in [9.17, 15) is 9.59 Å². The summed E-state index contributed by atoms with van der Waals surface area (Å²) in [6.45, 7) is 1.50. The number of anilines is 1. The van der Waals surface area contributed by atoms with Gasteiger partial charge in [0.25, 0.3) is 5.91 Å². The van der Waals surface area contributed by atoms with Gasteiger partial charge in [0.1, 0.15) is 5.75 Å². The van der Waals surface area contributed by atoms with Crippen molar-refractivity contribution in [2.75, 3.05) is 12.4 Å². The molecule has 0 unspecified atom stereocenters. The van der Waals surface area contributed by atoms with Crippen molar-refractivity contribution in [1.29, 1.82) is 0 Å². The predicted molar refractivity (Wildman–Crippen MR) is 102 cm³/mol. The number of esters is 1. The Hall–Kier alpha value is -2.24. The van der Waals surface area contributed by atoms with Crippen LogP contribution in [0.2, 0.25) is 10.0 Å². The zero-order valence-corrected chi connectivity index (χ0v) is 15.9. The number of ether oxygens (including phenoxy) is 2. The fourth-order valence-electron chi connectivity index (χ4n) is 2.17. The van der Waals surface area contributed by atoms with Gasteiger partial charge in [0.2, 0.25) is 0 Å². The maximum Gasteiger partial charge on any atom is 0.306 e. The Bertz CT molecular complexity index is 778. The summed E-state index contributed by atoms with van der Waals surface area (Å²) in [4.78, 5) is 24.1. The number of amides is 1. The number of hydrogen-bond acceptors (Lipinski definition) is 4. The van der Waals surface area contributed by atoms with E-state index in [4.69, 9.17) is 32.7 Å². The summed E-state index contributed by atoms with van der Waals surface area (Å²) in [6.07, 6.45) is -0.253. The van der Waals surface area contributed by atoms with Crippen LogP contribution >= 0.6 is 23.2 Å². The third kappa shape index (κ3) is 5.93. The molecule has 0 aliphatic heterocycles. The molecule has 0 heterocycles. The predicted octanol–water partition coefficient (Wildman–Crippen LogP) is 4.51. The number of rotatable bonds is 7. The van der Waals surface area contributed by atoms with Crippen molar-refractivity contribution in [3.8, 4) is 5.75 Å². The van der Waals surface area contributed by atoms with Gasteiger partial charge in [-0.25, -0.2) is 0 Å². The number of carbonyl (C=O) groups excluding carboxylic acids is 2. The molecular formula is C19H19Cl2NO4. The molecule has 0 bridgehead atoms. The van der Waals surface area contributed by atoms with Crippen molar-refractivity contribution in [3.05, 3.63) is 58.1 Å². The molecule has 2 aromatic carbocycles. The number of aryl methyl sites for hydroxylation is 1. The van der Waals surface area contributed by atoms with E-state index in [1.165, 1.54) is 13.0 Å². The molecule has 0 aliphatic rings. The average molecular weight is 396 g/mol. The van der Waals surface area contributed by atoms with Crippen molar-refractivity contribution in [3.63, 3.8) is 0 Å². The SMILES string of the molecule is COc1ccc(CCC(=O)O[C@@H](C)C(=O)Nc2ccc(Cl)cc2Cl)cc1. The molecule has 5 nitrogen and oxygen atoms in total. The summed E-state index contributed by atoms with van der Waals surface area (Å²) in [5.74, 6) is -0.167. The van der Waals surface area contributed by atoms with Gasteiger partial charge >= 0.3 is 5.97 Å². The number of benzene rings is 2. The highest BCUT2D eigenvalue weighted by atomic mass is 35.5. The minimum absolute atomic E-state index is 0.172. The van der Waals surface area contributed by atoms with E-state index in [1.807, 2.05) is 24.3 Å². The van der Waals surface area contributed by atoms with Crippen LogP contribution in [-0.4, -0.2) is 25.1 Å². The van der Waals surface area contributed by atoms with E-state index in [0.717, 1.165) is 11.3 Å². The van der Waals surface area contributed by atoms with Gasteiger partial charge in [-0.3, -0.25) is 9.59 Å². The number of hydrogen-bond donors (Lipinski definition) is 1. The van der Waals surface area contributed by atoms with Gasteiger partial charge < -0.3 is 14.8 Å². The van der Waals surface area contributed by atoms with Gasteiger partial charge in [0.05, 0.1) is 17.8 Å². The highest BCUT2D eigenvalue weighted by molar-refractivity contribution is 6.36. The molecule has 0 saturated heterocycles. The van der Waals surface area contributed by atoms with Crippen LogP contribution in [0.5, 0.6) is 5.75 Å². The first-order valence-corrected chi connectivity index (χ1v) is 8.73. The van der Waals surface area contributed by atoms with Crippen molar-refractivity contribution in [2.45, 2.75) is 25.9 Å². The molecule has 7 heteroatoms. The lowest BCUT2D eigenvalue weighted by atomic mass is 10.1. The van der Waals surface area contributed by atoms with Crippen LogP contribution in [-0.2, 0) is 20.7 Å². The maximum absolute atomic E-state index is 12.1. The summed E-state index contributed by atoms with van der Waals surface area (Å²) >= 11 is 11.8. The quantitative estimate of drug-likeness (QED) is 0.700.